The lowest BCUT2D eigenvalue weighted by Gasteiger charge is -2.10. The molecule has 0 unspecified atom stereocenters. The summed E-state index contributed by atoms with van der Waals surface area (Å²) in [6.07, 6.45) is 3.78. The lowest BCUT2D eigenvalue weighted by molar-refractivity contribution is -0.124. The quantitative estimate of drug-likeness (QED) is 0.445. The minimum atomic E-state index is 0.0903. The van der Waals surface area contributed by atoms with Crippen LogP contribution in [0.25, 0.3) is 0 Å². The van der Waals surface area contributed by atoms with Gasteiger partial charge in [0.2, 0.25) is 5.91 Å². The second kappa shape index (κ2) is 3.66. The summed E-state index contributed by atoms with van der Waals surface area (Å²) in [5, 5.41) is 1.49. The molecule has 1 amide bonds. The summed E-state index contributed by atoms with van der Waals surface area (Å²) in [6, 6.07) is 0. The van der Waals surface area contributed by atoms with Gasteiger partial charge in [-0.3, -0.25) is 4.79 Å². The molecule has 1 aliphatic rings. The number of amides is 1. The average molecular weight is 157 g/mol. The van der Waals surface area contributed by atoms with Crippen LogP contribution in [0.4, 0.5) is 0 Å². The average Bonchev–Trinajstić information content (AvgIpc) is 2.38. The number of rotatable bonds is 1. The molecule has 0 aromatic heterocycles. The van der Waals surface area contributed by atoms with Crippen LogP contribution in [-0.4, -0.2) is 23.9 Å². The largest absolute Gasteiger partial charge is 0.339 e. The highest BCUT2D eigenvalue weighted by molar-refractivity contribution is 7.83. The van der Waals surface area contributed by atoms with Gasteiger partial charge in [-0.05, 0) is 18.2 Å². The molecule has 2 nitrogen and oxygen atoms in total. The second-order valence-electron chi connectivity index (χ2n) is 2.35. The van der Waals surface area contributed by atoms with Crippen molar-refractivity contribution in [3.05, 3.63) is 11.5 Å². The first-order valence-electron chi connectivity index (χ1n) is 3.44. The summed E-state index contributed by atoms with van der Waals surface area (Å²) in [4.78, 5) is 12.9. The van der Waals surface area contributed by atoms with Crippen LogP contribution < -0.4 is 0 Å². The number of thiol groups is 1. The second-order valence-corrected chi connectivity index (χ2v) is 2.65. The fourth-order valence-corrected chi connectivity index (χ4v) is 1.23. The number of hydrogen-bond acceptors (Lipinski definition) is 2. The molecule has 1 saturated heterocycles. The van der Waals surface area contributed by atoms with Gasteiger partial charge in [0.15, 0.2) is 0 Å². The van der Waals surface area contributed by atoms with Crippen LogP contribution in [0.3, 0.4) is 0 Å². The molecular weight excluding hydrogens is 146 g/mol. The number of carbonyl (C=O) groups is 1. The molecule has 1 fully saturated rings. The molecule has 1 aliphatic heterocycles. The monoisotopic (exact) mass is 157 g/mol. The number of carbonyl (C=O) groups excluding carboxylic acids is 1. The van der Waals surface area contributed by atoms with Crippen molar-refractivity contribution in [2.75, 3.05) is 13.1 Å². The number of hydrogen-bond donors (Lipinski definition) is 1. The van der Waals surface area contributed by atoms with Gasteiger partial charge >= 0.3 is 0 Å². The van der Waals surface area contributed by atoms with E-state index in [0.717, 1.165) is 25.9 Å². The van der Waals surface area contributed by atoms with Crippen LogP contribution in [0.5, 0.6) is 0 Å². The zero-order chi connectivity index (χ0) is 7.40. The van der Waals surface area contributed by atoms with Crippen molar-refractivity contribution in [2.24, 2.45) is 0 Å². The Balaban J connectivity index is 2.40. The summed E-state index contributed by atoms with van der Waals surface area (Å²) in [6.45, 7) is 1.83. The molecule has 1 rings (SSSR count). The Hall–Kier alpha value is -0.440. The van der Waals surface area contributed by atoms with Crippen molar-refractivity contribution in [1.29, 1.82) is 0 Å². The van der Waals surface area contributed by atoms with Gasteiger partial charge in [-0.1, -0.05) is 0 Å². The molecule has 56 valence electrons. The summed E-state index contributed by atoms with van der Waals surface area (Å²) in [5.41, 5.74) is 0. The maximum atomic E-state index is 11.0. The third kappa shape index (κ3) is 1.77. The molecule has 0 N–H and O–H groups in total. The first-order valence-corrected chi connectivity index (χ1v) is 3.96. The fraction of sp³-hybridized carbons (Fsp3) is 0.571. The summed E-state index contributed by atoms with van der Waals surface area (Å²) in [7, 11) is 0. The lowest BCUT2D eigenvalue weighted by atomic mass is 10.4. The van der Waals surface area contributed by atoms with Crippen molar-refractivity contribution < 1.29 is 4.79 Å². The van der Waals surface area contributed by atoms with Gasteiger partial charge in [0.1, 0.15) is 0 Å². The Morgan fingerprint density at radius 2 is 2.00 bits per heavy atom. The van der Waals surface area contributed by atoms with E-state index in [-0.39, 0.29) is 5.91 Å². The maximum Gasteiger partial charge on any atom is 0.247 e. The van der Waals surface area contributed by atoms with Crippen LogP contribution in [0.2, 0.25) is 0 Å². The van der Waals surface area contributed by atoms with E-state index >= 15 is 0 Å². The van der Waals surface area contributed by atoms with Crippen LogP contribution in [0, 0.1) is 0 Å². The molecular formula is C7H11NOS. The lowest BCUT2D eigenvalue weighted by Crippen LogP contribution is -2.25. The van der Waals surface area contributed by atoms with E-state index in [1.807, 2.05) is 4.90 Å². The number of likely N-dealkylation sites (tertiary alicyclic amines) is 1. The third-order valence-corrected chi connectivity index (χ3v) is 1.78. The molecule has 0 saturated carbocycles. The molecule has 0 radical (unpaired) electrons. The van der Waals surface area contributed by atoms with Crippen LogP contribution in [0.1, 0.15) is 12.8 Å². The van der Waals surface area contributed by atoms with Crippen molar-refractivity contribution in [1.82, 2.24) is 4.90 Å². The molecule has 1 heterocycles. The van der Waals surface area contributed by atoms with E-state index in [9.17, 15) is 4.79 Å². The first kappa shape index (κ1) is 7.66. The van der Waals surface area contributed by atoms with Crippen molar-refractivity contribution >= 4 is 18.5 Å². The summed E-state index contributed by atoms with van der Waals surface area (Å²) < 4.78 is 0. The highest BCUT2D eigenvalue weighted by Crippen LogP contribution is 2.07. The Morgan fingerprint density at radius 3 is 2.50 bits per heavy atom. The van der Waals surface area contributed by atoms with E-state index in [4.69, 9.17) is 0 Å². The van der Waals surface area contributed by atoms with E-state index < -0.39 is 0 Å². The summed E-state index contributed by atoms with van der Waals surface area (Å²) >= 11 is 3.82. The van der Waals surface area contributed by atoms with E-state index in [0.29, 0.717) is 0 Å². The van der Waals surface area contributed by atoms with Gasteiger partial charge in [-0.15, -0.1) is 0 Å². The SMILES string of the molecule is O=C(/C=C/S)N1CCCC1. The van der Waals surface area contributed by atoms with Crippen molar-refractivity contribution in [2.45, 2.75) is 12.8 Å². The van der Waals surface area contributed by atoms with Gasteiger partial charge in [0.05, 0.1) is 0 Å². The molecule has 0 atom stereocenters. The molecule has 3 heteroatoms. The third-order valence-electron chi connectivity index (χ3n) is 1.63. The van der Waals surface area contributed by atoms with E-state index in [1.165, 1.54) is 11.5 Å². The topological polar surface area (TPSA) is 20.3 Å². The van der Waals surface area contributed by atoms with Crippen LogP contribution in [-0.2, 0) is 4.79 Å². The van der Waals surface area contributed by atoms with Gasteiger partial charge in [0.25, 0.3) is 0 Å². The summed E-state index contributed by atoms with van der Waals surface area (Å²) in [5.74, 6) is 0.0903. The predicted molar refractivity (Wildman–Crippen MR) is 43.9 cm³/mol. The van der Waals surface area contributed by atoms with Gasteiger partial charge < -0.3 is 4.90 Å². The maximum absolute atomic E-state index is 11.0. The normalized spacial score (nSPS) is 18.7. The molecule has 10 heavy (non-hydrogen) atoms. The Labute approximate surface area is 66.3 Å². The molecule has 0 spiro atoms. The zero-order valence-corrected chi connectivity index (χ0v) is 6.68. The predicted octanol–water partition coefficient (Wildman–Crippen LogP) is 1.05. The zero-order valence-electron chi connectivity index (χ0n) is 5.79. The Morgan fingerprint density at radius 1 is 1.40 bits per heavy atom. The fourth-order valence-electron chi connectivity index (χ4n) is 1.11. The molecule has 0 aromatic rings. The molecule has 0 aliphatic carbocycles. The first-order chi connectivity index (χ1) is 4.84. The van der Waals surface area contributed by atoms with Gasteiger partial charge in [0, 0.05) is 19.2 Å². The minimum absolute atomic E-state index is 0.0903. The highest BCUT2D eigenvalue weighted by atomic mass is 32.1. The van der Waals surface area contributed by atoms with Gasteiger partial charge in [-0.25, -0.2) is 0 Å². The standard InChI is InChI=1S/C7H11NOS/c9-7(3-6-10)8-4-1-2-5-8/h3,6,10H,1-2,4-5H2/b6-3+. The van der Waals surface area contributed by atoms with E-state index in [1.54, 1.807) is 0 Å². The smallest absolute Gasteiger partial charge is 0.247 e. The molecule has 0 bridgehead atoms. The highest BCUT2D eigenvalue weighted by Gasteiger charge is 2.14. The van der Waals surface area contributed by atoms with Gasteiger partial charge in [-0.2, -0.15) is 12.6 Å². The minimum Gasteiger partial charge on any atom is -0.339 e. The van der Waals surface area contributed by atoms with E-state index in [2.05, 4.69) is 12.6 Å². The van der Waals surface area contributed by atoms with Crippen molar-refractivity contribution in [3.63, 3.8) is 0 Å². The van der Waals surface area contributed by atoms with Crippen molar-refractivity contribution in [3.8, 4) is 0 Å². The van der Waals surface area contributed by atoms with Crippen LogP contribution >= 0.6 is 12.6 Å². The Bertz CT molecular complexity index is 150. The Kier molecular flexibility index (Phi) is 2.81. The molecule has 0 aromatic carbocycles. The van der Waals surface area contributed by atoms with Crippen LogP contribution in [0.15, 0.2) is 11.5 Å². The number of nitrogens with zero attached hydrogens (tertiary/aromatic N) is 1.